The maximum atomic E-state index is 14.1. The summed E-state index contributed by atoms with van der Waals surface area (Å²) >= 11 is 0. The highest BCUT2D eigenvalue weighted by molar-refractivity contribution is 6.05. The van der Waals surface area contributed by atoms with Crippen LogP contribution in [0.5, 0.6) is 0 Å². The average Bonchev–Trinajstić information content (AvgIpc) is 2.99. The van der Waals surface area contributed by atoms with Crippen molar-refractivity contribution in [3.8, 4) is 0 Å². The van der Waals surface area contributed by atoms with E-state index >= 15 is 0 Å². The summed E-state index contributed by atoms with van der Waals surface area (Å²) in [7, 11) is 3.80. The van der Waals surface area contributed by atoms with Crippen LogP contribution in [0.2, 0.25) is 0 Å². The number of nitrogens with one attached hydrogen (secondary N) is 3. The molecule has 8 heteroatoms. The molecule has 3 aromatic carbocycles. The van der Waals surface area contributed by atoms with Crippen LogP contribution < -0.4 is 25.8 Å². The lowest BCUT2D eigenvalue weighted by Crippen LogP contribution is -2.53. The predicted molar refractivity (Wildman–Crippen MR) is 161 cm³/mol. The second-order valence-corrected chi connectivity index (χ2v) is 11.5. The summed E-state index contributed by atoms with van der Waals surface area (Å²) in [6, 6.07) is 22.0. The van der Waals surface area contributed by atoms with Crippen molar-refractivity contribution < 1.29 is 14.4 Å². The molecule has 40 heavy (non-hydrogen) atoms. The molecule has 1 heterocycles. The molecule has 0 bridgehead atoms. The Labute approximate surface area is 236 Å². The number of anilines is 3. The fourth-order valence-corrected chi connectivity index (χ4v) is 5.08. The molecule has 3 aromatic rings. The fraction of sp³-hybridized carbons (Fsp3) is 0.344. The Morgan fingerprint density at radius 3 is 2.27 bits per heavy atom. The second-order valence-electron chi connectivity index (χ2n) is 11.5. The molecule has 210 valence electrons. The Morgan fingerprint density at radius 2 is 1.60 bits per heavy atom. The summed E-state index contributed by atoms with van der Waals surface area (Å²) in [5, 5.41) is 8.79. The zero-order valence-electron chi connectivity index (χ0n) is 24.1. The average molecular weight is 542 g/mol. The minimum absolute atomic E-state index is 0.156. The van der Waals surface area contributed by atoms with Crippen molar-refractivity contribution in [3.05, 3.63) is 89.5 Å². The molecule has 0 radical (unpaired) electrons. The number of hydrogen-bond donors (Lipinski definition) is 3. The van der Waals surface area contributed by atoms with Crippen LogP contribution in [0.1, 0.15) is 49.8 Å². The van der Waals surface area contributed by atoms with Gasteiger partial charge in [0.25, 0.3) is 0 Å². The van der Waals surface area contributed by atoms with E-state index in [1.54, 1.807) is 0 Å². The Bertz CT molecular complexity index is 1380. The van der Waals surface area contributed by atoms with Crippen LogP contribution in [-0.2, 0) is 9.59 Å². The molecule has 3 N–H and O–H groups in total. The molecule has 4 amide bonds. The van der Waals surface area contributed by atoms with E-state index in [9.17, 15) is 14.4 Å². The normalized spacial score (nSPS) is 16.9. The summed E-state index contributed by atoms with van der Waals surface area (Å²) in [6.07, 6.45) is 0.346. The quantitative estimate of drug-likeness (QED) is 0.408. The summed E-state index contributed by atoms with van der Waals surface area (Å²) in [4.78, 5) is 43.9. The topological polar surface area (TPSA) is 93.8 Å². The highest BCUT2D eigenvalue weighted by atomic mass is 16.2. The number of amides is 4. The zero-order chi connectivity index (χ0) is 29.0. The number of fused-ring (bicyclic) bond motifs is 1. The molecular weight excluding hydrogens is 502 g/mol. The van der Waals surface area contributed by atoms with E-state index in [1.807, 2.05) is 107 Å². The van der Waals surface area contributed by atoms with Crippen molar-refractivity contribution in [1.29, 1.82) is 0 Å². The van der Waals surface area contributed by atoms with Gasteiger partial charge in [0.2, 0.25) is 11.8 Å². The number of para-hydroxylation sites is 3. The first kappa shape index (κ1) is 28.7. The molecule has 4 rings (SSSR count). The number of carbonyl (C=O) groups is 3. The van der Waals surface area contributed by atoms with Gasteiger partial charge in [-0.05, 0) is 63.4 Å². The summed E-state index contributed by atoms with van der Waals surface area (Å²) in [6.45, 7) is 7.57. The minimum atomic E-state index is -0.868. The van der Waals surface area contributed by atoms with Crippen LogP contribution in [0, 0.1) is 6.92 Å². The first-order chi connectivity index (χ1) is 18.9. The van der Waals surface area contributed by atoms with Crippen molar-refractivity contribution in [2.24, 2.45) is 0 Å². The lowest BCUT2D eigenvalue weighted by Gasteiger charge is -2.28. The van der Waals surface area contributed by atoms with E-state index < -0.39 is 17.6 Å². The van der Waals surface area contributed by atoms with Crippen molar-refractivity contribution in [1.82, 2.24) is 10.6 Å². The summed E-state index contributed by atoms with van der Waals surface area (Å²) < 4.78 is 0. The van der Waals surface area contributed by atoms with Gasteiger partial charge in [0, 0.05) is 31.2 Å². The number of urea groups is 1. The highest BCUT2D eigenvalue weighted by Crippen LogP contribution is 2.39. The Hall–Kier alpha value is -4.33. The van der Waals surface area contributed by atoms with Gasteiger partial charge in [-0.2, -0.15) is 0 Å². The molecule has 0 saturated carbocycles. The summed E-state index contributed by atoms with van der Waals surface area (Å²) in [5.41, 5.74) is 4.80. The first-order valence-corrected chi connectivity index (χ1v) is 13.5. The maximum Gasteiger partial charge on any atom is 0.319 e. The van der Waals surface area contributed by atoms with E-state index in [4.69, 9.17) is 0 Å². The standard InChI is InChI=1S/C32H39N5O3/c1-21-15-17-22(18-16-21)24-19-26(34-31(40)33-25-12-8-10-14-28(25)36(5)6)30(39)37(20-29(38)35-32(2,3)4)27-13-9-7-11-23(24)27/h7-18,24,26H,19-20H2,1-6H3,(H,35,38)(H2,33,34,40). The lowest BCUT2D eigenvalue weighted by molar-refractivity contribution is -0.125. The largest absolute Gasteiger partial charge is 0.376 e. The molecule has 0 spiro atoms. The molecule has 0 aromatic heterocycles. The molecular formula is C32H39N5O3. The lowest BCUT2D eigenvalue weighted by atomic mass is 9.86. The second kappa shape index (κ2) is 11.8. The summed E-state index contributed by atoms with van der Waals surface area (Å²) in [5.74, 6) is -0.773. The monoisotopic (exact) mass is 541 g/mol. The highest BCUT2D eigenvalue weighted by Gasteiger charge is 2.37. The number of hydrogen-bond acceptors (Lipinski definition) is 4. The van der Waals surface area contributed by atoms with Crippen molar-refractivity contribution in [2.75, 3.05) is 35.8 Å². The van der Waals surface area contributed by atoms with Crippen LogP contribution in [0.3, 0.4) is 0 Å². The van der Waals surface area contributed by atoms with Gasteiger partial charge in [0.1, 0.15) is 12.6 Å². The fourth-order valence-electron chi connectivity index (χ4n) is 5.08. The first-order valence-electron chi connectivity index (χ1n) is 13.5. The van der Waals surface area contributed by atoms with Crippen molar-refractivity contribution in [2.45, 2.75) is 51.6 Å². The molecule has 1 aliphatic rings. The predicted octanol–water partition coefficient (Wildman–Crippen LogP) is 5.03. The molecule has 8 nitrogen and oxygen atoms in total. The van der Waals surface area contributed by atoms with E-state index in [0.29, 0.717) is 17.8 Å². The molecule has 2 atom stereocenters. The number of nitrogens with zero attached hydrogens (tertiary/aromatic N) is 2. The van der Waals surface area contributed by atoms with Gasteiger partial charge in [0.05, 0.1) is 11.4 Å². The van der Waals surface area contributed by atoms with Crippen molar-refractivity contribution in [3.63, 3.8) is 0 Å². The third kappa shape index (κ3) is 6.81. The van der Waals surface area contributed by atoms with Gasteiger partial charge >= 0.3 is 6.03 Å². The van der Waals surface area contributed by atoms with Crippen molar-refractivity contribution >= 4 is 34.9 Å². The SMILES string of the molecule is Cc1ccc(C2CC(NC(=O)Nc3ccccc3N(C)C)C(=O)N(CC(=O)NC(C)(C)C)c3ccccc32)cc1. The van der Waals surface area contributed by atoms with Gasteiger partial charge in [-0.15, -0.1) is 0 Å². The number of aryl methyl sites for hydroxylation is 1. The van der Waals surface area contributed by atoms with Gasteiger partial charge in [-0.3, -0.25) is 9.59 Å². The van der Waals surface area contributed by atoms with Crippen LogP contribution >= 0.6 is 0 Å². The smallest absolute Gasteiger partial charge is 0.319 e. The van der Waals surface area contributed by atoms with E-state index in [1.165, 1.54) is 4.90 Å². The maximum absolute atomic E-state index is 14.1. The van der Waals surface area contributed by atoms with Crippen LogP contribution in [0.25, 0.3) is 0 Å². The van der Waals surface area contributed by atoms with Gasteiger partial charge in [-0.1, -0.05) is 60.2 Å². The van der Waals surface area contributed by atoms with E-state index in [0.717, 1.165) is 22.4 Å². The van der Waals surface area contributed by atoms with Gasteiger partial charge in [0.15, 0.2) is 0 Å². The van der Waals surface area contributed by atoms with Gasteiger partial charge < -0.3 is 25.8 Å². The molecule has 0 saturated heterocycles. The van der Waals surface area contributed by atoms with Crippen LogP contribution in [-0.4, -0.2) is 50.1 Å². The zero-order valence-corrected chi connectivity index (χ0v) is 24.1. The van der Waals surface area contributed by atoms with E-state index in [2.05, 4.69) is 28.1 Å². The number of benzene rings is 3. The molecule has 1 aliphatic heterocycles. The number of rotatable bonds is 6. The van der Waals surface area contributed by atoms with Gasteiger partial charge in [-0.25, -0.2) is 4.79 Å². The third-order valence-electron chi connectivity index (χ3n) is 6.87. The molecule has 2 unspecified atom stereocenters. The van der Waals surface area contributed by atoms with Crippen LogP contribution in [0.4, 0.5) is 21.9 Å². The Morgan fingerprint density at radius 1 is 0.950 bits per heavy atom. The number of carbonyl (C=O) groups excluding carboxylic acids is 3. The Balaban J connectivity index is 1.70. The molecule has 0 fully saturated rings. The third-order valence-corrected chi connectivity index (χ3v) is 6.87. The van der Waals surface area contributed by atoms with Crippen LogP contribution in [0.15, 0.2) is 72.8 Å². The molecule has 0 aliphatic carbocycles. The van der Waals surface area contributed by atoms with E-state index in [-0.39, 0.29) is 24.3 Å². The minimum Gasteiger partial charge on any atom is -0.376 e. The Kier molecular flexibility index (Phi) is 8.47.